The molecule has 0 bridgehead atoms. The quantitative estimate of drug-likeness (QED) is 0.714. The molecule has 1 fully saturated rings. The number of benzene rings is 2. The number of nitrogens with one attached hydrogen (secondary N) is 1. The van der Waals surface area contributed by atoms with E-state index in [0.717, 1.165) is 24.2 Å². The average molecular weight is 376 g/mol. The molecular formula is C20H22F2N2O3. The Balaban J connectivity index is 1.67. The van der Waals surface area contributed by atoms with E-state index in [9.17, 15) is 13.6 Å². The van der Waals surface area contributed by atoms with Crippen LogP contribution in [0.25, 0.3) is 0 Å². The number of amides is 2. The number of carbonyl (C=O) groups excluding carboxylic acids is 1. The molecule has 0 heterocycles. The first-order chi connectivity index (χ1) is 13.1. The van der Waals surface area contributed by atoms with Crippen molar-refractivity contribution in [3.05, 3.63) is 54.1 Å². The SMILES string of the molecule is CCOc1ccccc1CN(C(=O)Nc1ccc(OC(F)F)cc1)C1CC1. The third-order valence-electron chi connectivity index (χ3n) is 4.19. The van der Waals surface area contributed by atoms with Crippen molar-refractivity contribution >= 4 is 11.7 Å². The fraction of sp³-hybridized carbons (Fsp3) is 0.350. The maximum Gasteiger partial charge on any atom is 0.387 e. The molecule has 0 aromatic heterocycles. The number of para-hydroxylation sites is 1. The number of urea groups is 1. The maximum atomic E-state index is 12.8. The second-order valence-corrected chi connectivity index (χ2v) is 6.23. The minimum absolute atomic E-state index is 0.0488. The Bertz CT molecular complexity index is 764. The standard InChI is InChI=1S/C20H22F2N2O3/c1-2-26-18-6-4-3-5-14(18)13-24(16-9-10-16)20(25)23-15-7-11-17(12-8-15)27-19(21)22/h3-8,11-12,16,19H,2,9-10,13H2,1H3,(H,23,25). The Kier molecular flexibility index (Phi) is 6.11. The highest BCUT2D eigenvalue weighted by molar-refractivity contribution is 5.89. The number of hydrogen-bond acceptors (Lipinski definition) is 3. The van der Waals surface area contributed by atoms with E-state index in [1.54, 1.807) is 4.90 Å². The van der Waals surface area contributed by atoms with Crippen LogP contribution in [0.5, 0.6) is 11.5 Å². The summed E-state index contributed by atoms with van der Waals surface area (Å²) >= 11 is 0. The van der Waals surface area contributed by atoms with Crippen LogP contribution in [0.1, 0.15) is 25.3 Å². The molecule has 2 aromatic carbocycles. The van der Waals surface area contributed by atoms with Crippen LogP contribution in [0.4, 0.5) is 19.3 Å². The molecule has 1 aliphatic rings. The number of halogens is 2. The van der Waals surface area contributed by atoms with E-state index in [2.05, 4.69) is 10.1 Å². The van der Waals surface area contributed by atoms with Crippen LogP contribution in [0, 0.1) is 0 Å². The zero-order chi connectivity index (χ0) is 19.2. The molecule has 1 saturated carbocycles. The van der Waals surface area contributed by atoms with E-state index in [0.29, 0.717) is 18.8 Å². The molecule has 0 saturated heterocycles. The molecule has 0 aliphatic heterocycles. The Morgan fingerprint density at radius 1 is 1.19 bits per heavy atom. The van der Waals surface area contributed by atoms with Gasteiger partial charge in [0.05, 0.1) is 13.2 Å². The minimum atomic E-state index is -2.87. The number of nitrogens with zero attached hydrogens (tertiary/aromatic N) is 1. The van der Waals surface area contributed by atoms with Gasteiger partial charge in [-0.2, -0.15) is 8.78 Å². The van der Waals surface area contributed by atoms with Gasteiger partial charge in [0.15, 0.2) is 0 Å². The van der Waals surface area contributed by atoms with Gasteiger partial charge in [-0.05, 0) is 50.1 Å². The van der Waals surface area contributed by atoms with Crippen LogP contribution < -0.4 is 14.8 Å². The summed E-state index contributed by atoms with van der Waals surface area (Å²) in [6.07, 6.45) is 1.93. The third kappa shape index (κ3) is 5.32. The zero-order valence-electron chi connectivity index (χ0n) is 15.0. The molecule has 1 aliphatic carbocycles. The van der Waals surface area contributed by atoms with Gasteiger partial charge in [0, 0.05) is 17.3 Å². The zero-order valence-corrected chi connectivity index (χ0v) is 15.0. The summed E-state index contributed by atoms with van der Waals surface area (Å²) in [5.74, 6) is 0.819. The van der Waals surface area contributed by atoms with Crippen LogP contribution in [0.3, 0.4) is 0 Å². The molecule has 5 nitrogen and oxygen atoms in total. The number of hydrogen-bond donors (Lipinski definition) is 1. The number of ether oxygens (including phenoxy) is 2. The van der Waals surface area contributed by atoms with Crippen molar-refractivity contribution in [1.29, 1.82) is 0 Å². The Morgan fingerprint density at radius 3 is 2.52 bits per heavy atom. The summed E-state index contributed by atoms with van der Waals surface area (Å²) in [4.78, 5) is 14.5. The smallest absolute Gasteiger partial charge is 0.387 e. The molecule has 1 N–H and O–H groups in total. The van der Waals surface area contributed by atoms with Crippen LogP contribution in [-0.2, 0) is 6.54 Å². The largest absolute Gasteiger partial charge is 0.494 e. The van der Waals surface area contributed by atoms with Gasteiger partial charge < -0.3 is 19.7 Å². The molecule has 0 unspecified atom stereocenters. The van der Waals surface area contributed by atoms with Gasteiger partial charge in [-0.15, -0.1) is 0 Å². The lowest BCUT2D eigenvalue weighted by molar-refractivity contribution is -0.0498. The van der Waals surface area contributed by atoms with E-state index >= 15 is 0 Å². The van der Waals surface area contributed by atoms with Crippen LogP contribution in [0.2, 0.25) is 0 Å². The summed E-state index contributed by atoms with van der Waals surface area (Å²) in [5, 5.41) is 2.82. The fourth-order valence-corrected chi connectivity index (χ4v) is 2.78. The van der Waals surface area contributed by atoms with Gasteiger partial charge in [-0.25, -0.2) is 4.79 Å². The normalized spacial score (nSPS) is 13.3. The van der Waals surface area contributed by atoms with Gasteiger partial charge in [0.2, 0.25) is 0 Å². The third-order valence-corrected chi connectivity index (χ3v) is 4.19. The fourth-order valence-electron chi connectivity index (χ4n) is 2.78. The molecule has 27 heavy (non-hydrogen) atoms. The van der Waals surface area contributed by atoms with E-state index in [1.807, 2.05) is 31.2 Å². The molecule has 3 rings (SSSR count). The van der Waals surface area contributed by atoms with Crippen molar-refractivity contribution in [3.8, 4) is 11.5 Å². The predicted octanol–water partition coefficient (Wildman–Crippen LogP) is 4.88. The van der Waals surface area contributed by atoms with Gasteiger partial charge in [-0.3, -0.25) is 0 Å². The summed E-state index contributed by atoms with van der Waals surface area (Å²) in [6, 6.07) is 13.5. The first-order valence-corrected chi connectivity index (χ1v) is 8.90. The summed E-state index contributed by atoms with van der Waals surface area (Å²) in [6.45, 7) is 0.0453. The van der Waals surface area contributed by atoms with Crippen molar-refractivity contribution < 1.29 is 23.0 Å². The van der Waals surface area contributed by atoms with Crippen molar-refractivity contribution in [2.45, 2.75) is 39.0 Å². The lowest BCUT2D eigenvalue weighted by Gasteiger charge is -2.24. The Morgan fingerprint density at radius 2 is 1.89 bits per heavy atom. The number of anilines is 1. The maximum absolute atomic E-state index is 12.8. The van der Waals surface area contributed by atoms with Crippen LogP contribution in [-0.4, -0.2) is 30.2 Å². The van der Waals surface area contributed by atoms with Crippen molar-refractivity contribution in [3.63, 3.8) is 0 Å². The predicted molar refractivity (Wildman–Crippen MR) is 98.3 cm³/mol. The molecule has 144 valence electrons. The van der Waals surface area contributed by atoms with Crippen molar-refractivity contribution in [2.24, 2.45) is 0 Å². The first kappa shape index (κ1) is 18.9. The topological polar surface area (TPSA) is 50.8 Å². The van der Waals surface area contributed by atoms with Gasteiger partial charge in [0.25, 0.3) is 0 Å². The molecular weight excluding hydrogens is 354 g/mol. The minimum Gasteiger partial charge on any atom is -0.494 e. The van der Waals surface area contributed by atoms with Gasteiger partial charge in [0.1, 0.15) is 11.5 Å². The average Bonchev–Trinajstić information content (AvgIpc) is 3.47. The lowest BCUT2D eigenvalue weighted by atomic mass is 10.2. The molecule has 2 amide bonds. The lowest BCUT2D eigenvalue weighted by Crippen LogP contribution is -2.36. The van der Waals surface area contributed by atoms with E-state index in [1.165, 1.54) is 24.3 Å². The van der Waals surface area contributed by atoms with Crippen molar-refractivity contribution in [1.82, 2.24) is 4.90 Å². The summed E-state index contributed by atoms with van der Waals surface area (Å²) in [7, 11) is 0. The van der Waals surface area contributed by atoms with Gasteiger partial charge >= 0.3 is 12.6 Å². The van der Waals surface area contributed by atoms with Crippen LogP contribution >= 0.6 is 0 Å². The molecule has 0 spiro atoms. The molecule has 0 radical (unpaired) electrons. The molecule has 2 aromatic rings. The Labute approximate surface area is 156 Å². The number of alkyl halides is 2. The molecule has 0 atom stereocenters. The van der Waals surface area contributed by atoms with E-state index in [4.69, 9.17) is 4.74 Å². The molecule has 7 heteroatoms. The summed E-state index contributed by atoms with van der Waals surface area (Å²) < 4.78 is 34.4. The first-order valence-electron chi connectivity index (χ1n) is 8.90. The second-order valence-electron chi connectivity index (χ2n) is 6.23. The highest BCUT2D eigenvalue weighted by Gasteiger charge is 2.33. The van der Waals surface area contributed by atoms with Crippen molar-refractivity contribution in [2.75, 3.05) is 11.9 Å². The summed E-state index contributed by atoms with van der Waals surface area (Å²) in [5.41, 5.74) is 1.47. The number of carbonyl (C=O) groups is 1. The van der Waals surface area contributed by atoms with E-state index < -0.39 is 6.61 Å². The monoisotopic (exact) mass is 376 g/mol. The van der Waals surface area contributed by atoms with E-state index in [-0.39, 0.29) is 17.8 Å². The second kappa shape index (κ2) is 8.70. The highest BCUT2D eigenvalue weighted by Crippen LogP contribution is 2.31. The number of rotatable bonds is 8. The highest BCUT2D eigenvalue weighted by atomic mass is 19.3. The van der Waals surface area contributed by atoms with Crippen LogP contribution in [0.15, 0.2) is 48.5 Å². The van der Waals surface area contributed by atoms with Gasteiger partial charge in [-0.1, -0.05) is 18.2 Å². The Hall–Kier alpha value is -2.83.